The van der Waals surface area contributed by atoms with Gasteiger partial charge in [0.1, 0.15) is 29.3 Å². The van der Waals surface area contributed by atoms with E-state index in [1.807, 2.05) is 55.5 Å². The number of aryl methyl sites for hydroxylation is 1. The Labute approximate surface area is 182 Å². The number of rotatable bonds is 6. The SMILES string of the molecule is Cc1oc(-c2ccc(Br)cc2)nc1COc1ccc2c(ccn2C(C)(C)C(=O)O)c1. The average molecular weight is 469 g/mol. The van der Waals surface area contributed by atoms with Crippen molar-refractivity contribution in [1.82, 2.24) is 9.55 Å². The summed E-state index contributed by atoms with van der Waals surface area (Å²) in [7, 11) is 0. The molecule has 0 atom stereocenters. The Kier molecular flexibility index (Phi) is 5.15. The molecule has 0 aliphatic carbocycles. The second-order valence-corrected chi connectivity index (χ2v) is 8.50. The molecule has 4 rings (SSSR count). The minimum absolute atomic E-state index is 0.276. The van der Waals surface area contributed by atoms with Crippen LogP contribution in [-0.2, 0) is 16.9 Å². The van der Waals surface area contributed by atoms with E-state index in [-0.39, 0.29) is 6.61 Å². The number of fused-ring (bicyclic) bond motifs is 1. The van der Waals surface area contributed by atoms with E-state index in [2.05, 4.69) is 20.9 Å². The van der Waals surface area contributed by atoms with Crippen LogP contribution in [0.25, 0.3) is 22.4 Å². The van der Waals surface area contributed by atoms with Crippen molar-refractivity contribution in [3.8, 4) is 17.2 Å². The zero-order valence-corrected chi connectivity index (χ0v) is 18.4. The van der Waals surface area contributed by atoms with Crippen molar-refractivity contribution in [3.63, 3.8) is 0 Å². The molecule has 2 heterocycles. The first-order valence-corrected chi connectivity index (χ1v) is 10.2. The highest BCUT2D eigenvalue weighted by atomic mass is 79.9. The lowest BCUT2D eigenvalue weighted by Gasteiger charge is -2.23. The van der Waals surface area contributed by atoms with Crippen molar-refractivity contribution < 1.29 is 19.1 Å². The number of oxazole rings is 1. The quantitative estimate of drug-likeness (QED) is 0.388. The molecule has 0 saturated heterocycles. The summed E-state index contributed by atoms with van der Waals surface area (Å²) in [6.45, 7) is 5.50. The van der Waals surface area contributed by atoms with Crippen LogP contribution in [0.15, 0.2) is 63.6 Å². The van der Waals surface area contributed by atoms with Gasteiger partial charge in [0.05, 0.1) is 0 Å². The van der Waals surface area contributed by atoms with Gasteiger partial charge < -0.3 is 18.8 Å². The third-order valence-corrected chi connectivity index (χ3v) is 5.68. The molecule has 0 saturated carbocycles. The zero-order valence-electron chi connectivity index (χ0n) is 16.8. The van der Waals surface area contributed by atoms with Crippen LogP contribution in [-0.4, -0.2) is 20.6 Å². The molecule has 0 radical (unpaired) electrons. The van der Waals surface area contributed by atoms with Gasteiger partial charge in [-0.25, -0.2) is 9.78 Å². The number of aliphatic carboxylic acids is 1. The third-order valence-electron chi connectivity index (χ3n) is 5.15. The van der Waals surface area contributed by atoms with E-state index in [4.69, 9.17) is 9.15 Å². The number of benzene rings is 2. The molecule has 0 amide bonds. The molecule has 0 spiro atoms. The highest BCUT2D eigenvalue weighted by Crippen LogP contribution is 2.29. The lowest BCUT2D eigenvalue weighted by molar-refractivity contribution is -0.145. The Morgan fingerprint density at radius 1 is 1.20 bits per heavy atom. The normalized spacial score (nSPS) is 11.7. The molecular formula is C23H21BrN2O4. The molecule has 2 aromatic carbocycles. The van der Waals surface area contributed by atoms with E-state index >= 15 is 0 Å². The second kappa shape index (κ2) is 7.65. The largest absolute Gasteiger partial charge is 0.487 e. The van der Waals surface area contributed by atoms with Crippen LogP contribution in [0.1, 0.15) is 25.3 Å². The van der Waals surface area contributed by atoms with Gasteiger partial charge in [0.25, 0.3) is 0 Å². The van der Waals surface area contributed by atoms with Crippen LogP contribution in [0.4, 0.5) is 0 Å². The molecule has 7 heteroatoms. The number of ether oxygens (including phenoxy) is 1. The monoisotopic (exact) mass is 468 g/mol. The summed E-state index contributed by atoms with van der Waals surface area (Å²) in [4.78, 5) is 16.1. The summed E-state index contributed by atoms with van der Waals surface area (Å²) in [5.74, 6) is 1.06. The first-order chi connectivity index (χ1) is 14.3. The molecule has 0 unspecified atom stereocenters. The molecule has 1 N–H and O–H groups in total. The van der Waals surface area contributed by atoms with Gasteiger partial charge in [-0.3, -0.25) is 0 Å². The van der Waals surface area contributed by atoms with E-state index in [0.29, 0.717) is 17.4 Å². The van der Waals surface area contributed by atoms with Gasteiger partial charge in [-0.15, -0.1) is 0 Å². The van der Waals surface area contributed by atoms with Gasteiger partial charge in [0.2, 0.25) is 5.89 Å². The molecule has 0 aliphatic heterocycles. The Morgan fingerprint density at radius 2 is 1.93 bits per heavy atom. The first kappa shape index (κ1) is 20.2. The van der Waals surface area contributed by atoms with Crippen LogP contribution in [0.5, 0.6) is 5.75 Å². The highest BCUT2D eigenvalue weighted by molar-refractivity contribution is 9.10. The lowest BCUT2D eigenvalue weighted by Crippen LogP contribution is -2.34. The van der Waals surface area contributed by atoms with Crippen molar-refractivity contribution in [2.75, 3.05) is 0 Å². The molecule has 2 aromatic heterocycles. The minimum atomic E-state index is -1.04. The van der Waals surface area contributed by atoms with Gasteiger partial charge in [-0.2, -0.15) is 0 Å². The van der Waals surface area contributed by atoms with Gasteiger partial charge in [-0.05, 0) is 69.3 Å². The van der Waals surface area contributed by atoms with E-state index < -0.39 is 11.5 Å². The Balaban J connectivity index is 1.53. The molecule has 30 heavy (non-hydrogen) atoms. The number of halogens is 1. The van der Waals surface area contributed by atoms with Gasteiger partial charge in [-0.1, -0.05) is 15.9 Å². The predicted octanol–water partition coefficient (Wildman–Crippen LogP) is 5.77. The molecular weight excluding hydrogens is 448 g/mol. The average Bonchev–Trinajstić information content (AvgIpc) is 3.30. The van der Waals surface area contributed by atoms with Crippen LogP contribution < -0.4 is 4.74 Å². The van der Waals surface area contributed by atoms with Crippen LogP contribution in [0, 0.1) is 6.92 Å². The van der Waals surface area contributed by atoms with Crippen molar-refractivity contribution in [3.05, 3.63) is 70.7 Å². The van der Waals surface area contributed by atoms with E-state index in [1.165, 1.54) is 0 Å². The number of carboxylic acid groups (broad SMARTS) is 1. The van der Waals surface area contributed by atoms with Crippen molar-refractivity contribution in [2.45, 2.75) is 32.9 Å². The molecule has 4 aromatic rings. The van der Waals surface area contributed by atoms with Crippen molar-refractivity contribution >= 4 is 32.8 Å². The van der Waals surface area contributed by atoms with Crippen molar-refractivity contribution in [1.29, 1.82) is 0 Å². The summed E-state index contributed by atoms with van der Waals surface area (Å²) in [6.07, 6.45) is 1.79. The summed E-state index contributed by atoms with van der Waals surface area (Å²) >= 11 is 3.42. The van der Waals surface area contributed by atoms with E-state index in [9.17, 15) is 9.90 Å². The fourth-order valence-electron chi connectivity index (χ4n) is 3.23. The summed E-state index contributed by atoms with van der Waals surface area (Å²) < 4.78 is 14.5. The molecule has 6 nitrogen and oxygen atoms in total. The third kappa shape index (κ3) is 3.73. The number of hydrogen-bond donors (Lipinski definition) is 1. The smallest absolute Gasteiger partial charge is 0.329 e. The summed E-state index contributed by atoms with van der Waals surface area (Å²) in [6, 6.07) is 15.3. The van der Waals surface area contributed by atoms with E-state index in [1.54, 1.807) is 24.6 Å². The maximum absolute atomic E-state index is 11.6. The fraction of sp³-hybridized carbons (Fsp3) is 0.217. The van der Waals surface area contributed by atoms with E-state index in [0.717, 1.165) is 26.6 Å². The fourth-order valence-corrected chi connectivity index (χ4v) is 3.49. The van der Waals surface area contributed by atoms with Crippen LogP contribution >= 0.6 is 15.9 Å². The first-order valence-electron chi connectivity index (χ1n) is 9.46. The summed E-state index contributed by atoms with van der Waals surface area (Å²) in [5, 5.41) is 10.4. The number of hydrogen-bond acceptors (Lipinski definition) is 4. The Morgan fingerprint density at radius 3 is 2.63 bits per heavy atom. The number of carbonyl (C=O) groups is 1. The number of carboxylic acids is 1. The highest BCUT2D eigenvalue weighted by Gasteiger charge is 2.30. The van der Waals surface area contributed by atoms with Gasteiger partial charge in [0, 0.05) is 27.1 Å². The second-order valence-electron chi connectivity index (χ2n) is 7.59. The van der Waals surface area contributed by atoms with Gasteiger partial charge in [0.15, 0.2) is 0 Å². The molecule has 0 aliphatic rings. The molecule has 0 bridgehead atoms. The topological polar surface area (TPSA) is 77.5 Å². The standard InChI is InChI=1S/C23H21BrN2O4/c1-14-19(25-21(30-14)15-4-6-17(24)7-5-15)13-29-18-8-9-20-16(12-18)10-11-26(20)23(2,3)22(27)28/h4-12H,13H2,1-3H3,(H,27,28). The summed E-state index contributed by atoms with van der Waals surface area (Å²) in [5.41, 5.74) is 1.43. The Bertz CT molecular complexity index is 1220. The maximum Gasteiger partial charge on any atom is 0.329 e. The van der Waals surface area contributed by atoms with Crippen LogP contribution in [0.2, 0.25) is 0 Å². The number of nitrogens with zero attached hydrogens (tertiary/aromatic N) is 2. The van der Waals surface area contributed by atoms with Crippen LogP contribution in [0.3, 0.4) is 0 Å². The minimum Gasteiger partial charge on any atom is -0.487 e. The maximum atomic E-state index is 11.6. The predicted molar refractivity (Wildman–Crippen MR) is 118 cm³/mol. The molecule has 154 valence electrons. The Hall–Kier alpha value is -3.06. The molecule has 0 fully saturated rings. The number of aromatic nitrogens is 2. The van der Waals surface area contributed by atoms with Gasteiger partial charge >= 0.3 is 5.97 Å². The zero-order chi connectivity index (χ0) is 21.5. The van der Waals surface area contributed by atoms with Crippen molar-refractivity contribution in [2.24, 2.45) is 0 Å². The lowest BCUT2D eigenvalue weighted by atomic mass is 10.1.